The van der Waals surface area contributed by atoms with E-state index in [4.69, 9.17) is 16.3 Å². The normalized spacial score (nSPS) is 11.5. The standard InChI is InChI=1S/C25H25ClN2O3S/c1-3-23(25(30)28-19-12-13-22(31-2)21(26)16-19)32-20-11-7-10-18(15-20)27-24(29)14-17-8-5-4-6-9-17/h4-13,15-16,23H,3,14H2,1-2H3,(H,27,29)(H,28,30). The molecule has 2 N–H and O–H groups in total. The van der Waals surface area contributed by atoms with E-state index < -0.39 is 0 Å². The summed E-state index contributed by atoms with van der Waals surface area (Å²) in [4.78, 5) is 26.1. The number of rotatable bonds is 9. The molecular weight excluding hydrogens is 444 g/mol. The van der Waals surface area contributed by atoms with Crippen molar-refractivity contribution in [1.82, 2.24) is 0 Å². The van der Waals surface area contributed by atoms with Crippen molar-refractivity contribution in [2.75, 3.05) is 17.7 Å². The van der Waals surface area contributed by atoms with Crippen LogP contribution in [0.5, 0.6) is 5.75 Å². The van der Waals surface area contributed by atoms with Gasteiger partial charge < -0.3 is 15.4 Å². The van der Waals surface area contributed by atoms with Crippen LogP contribution >= 0.6 is 23.4 Å². The Labute approximate surface area is 197 Å². The number of methoxy groups -OCH3 is 1. The average molecular weight is 469 g/mol. The van der Waals surface area contributed by atoms with Gasteiger partial charge >= 0.3 is 0 Å². The second-order valence-corrected chi connectivity index (χ2v) is 8.78. The molecule has 32 heavy (non-hydrogen) atoms. The van der Waals surface area contributed by atoms with Gasteiger partial charge in [-0.3, -0.25) is 9.59 Å². The van der Waals surface area contributed by atoms with Crippen LogP contribution in [0.4, 0.5) is 11.4 Å². The maximum atomic E-state index is 12.8. The maximum absolute atomic E-state index is 12.8. The summed E-state index contributed by atoms with van der Waals surface area (Å²) >= 11 is 7.60. The second-order valence-electron chi connectivity index (χ2n) is 7.09. The molecule has 166 valence electrons. The number of carbonyl (C=O) groups is 2. The van der Waals surface area contributed by atoms with E-state index in [1.165, 1.54) is 11.8 Å². The van der Waals surface area contributed by atoms with Crippen LogP contribution in [0.3, 0.4) is 0 Å². The van der Waals surface area contributed by atoms with Crippen LogP contribution in [-0.2, 0) is 16.0 Å². The van der Waals surface area contributed by atoms with Gasteiger partial charge in [-0.15, -0.1) is 11.8 Å². The van der Waals surface area contributed by atoms with E-state index in [0.29, 0.717) is 35.0 Å². The summed E-state index contributed by atoms with van der Waals surface area (Å²) in [5.41, 5.74) is 2.27. The molecule has 1 unspecified atom stereocenters. The van der Waals surface area contributed by atoms with Crippen molar-refractivity contribution >= 4 is 46.6 Å². The van der Waals surface area contributed by atoms with Gasteiger partial charge in [0.25, 0.3) is 0 Å². The van der Waals surface area contributed by atoms with Gasteiger partial charge in [0.15, 0.2) is 0 Å². The third kappa shape index (κ3) is 6.77. The fourth-order valence-electron chi connectivity index (χ4n) is 3.09. The predicted molar refractivity (Wildman–Crippen MR) is 132 cm³/mol. The predicted octanol–water partition coefficient (Wildman–Crippen LogP) is 6.04. The number of thioether (sulfide) groups is 1. The molecule has 7 heteroatoms. The Balaban J connectivity index is 1.61. The molecule has 0 aliphatic rings. The van der Waals surface area contributed by atoms with Crippen LogP contribution in [0.1, 0.15) is 18.9 Å². The summed E-state index contributed by atoms with van der Waals surface area (Å²) in [6.45, 7) is 1.96. The first-order chi connectivity index (χ1) is 15.5. The molecule has 0 fully saturated rings. The minimum Gasteiger partial charge on any atom is -0.495 e. The van der Waals surface area contributed by atoms with Gasteiger partial charge in [-0.2, -0.15) is 0 Å². The number of hydrogen-bond donors (Lipinski definition) is 2. The van der Waals surface area contributed by atoms with E-state index >= 15 is 0 Å². The van der Waals surface area contributed by atoms with Crippen LogP contribution in [-0.4, -0.2) is 24.2 Å². The van der Waals surface area contributed by atoms with Gasteiger partial charge in [0.1, 0.15) is 5.75 Å². The Kier molecular flexibility index (Phi) is 8.59. The highest BCUT2D eigenvalue weighted by Crippen LogP contribution is 2.30. The highest BCUT2D eigenvalue weighted by Gasteiger charge is 2.19. The zero-order chi connectivity index (χ0) is 22.9. The number of amides is 2. The van der Waals surface area contributed by atoms with Crippen molar-refractivity contribution in [2.45, 2.75) is 29.9 Å². The smallest absolute Gasteiger partial charge is 0.237 e. The Hall–Kier alpha value is -2.96. The molecule has 3 aromatic carbocycles. The summed E-state index contributed by atoms with van der Waals surface area (Å²) < 4.78 is 5.15. The van der Waals surface area contributed by atoms with Gasteiger partial charge in [0, 0.05) is 16.3 Å². The minimum absolute atomic E-state index is 0.0838. The molecule has 3 rings (SSSR count). The zero-order valence-electron chi connectivity index (χ0n) is 17.9. The van der Waals surface area contributed by atoms with E-state index in [0.717, 1.165) is 10.5 Å². The van der Waals surface area contributed by atoms with Gasteiger partial charge in [0.05, 0.1) is 23.8 Å². The van der Waals surface area contributed by atoms with E-state index in [2.05, 4.69) is 10.6 Å². The third-order valence-corrected chi connectivity index (χ3v) is 6.34. The Morgan fingerprint density at radius 2 is 1.72 bits per heavy atom. The molecule has 5 nitrogen and oxygen atoms in total. The average Bonchev–Trinajstić information content (AvgIpc) is 2.78. The first-order valence-corrected chi connectivity index (χ1v) is 11.5. The van der Waals surface area contributed by atoms with Crippen molar-refractivity contribution in [2.24, 2.45) is 0 Å². The number of carbonyl (C=O) groups excluding carboxylic acids is 2. The van der Waals surface area contributed by atoms with Crippen molar-refractivity contribution in [1.29, 1.82) is 0 Å². The molecule has 0 aliphatic heterocycles. The summed E-state index contributed by atoms with van der Waals surface area (Å²) in [5, 5.41) is 5.97. The molecule has 1 atom stereocenters. The van der Waals surface area contributed by atoms with Gasteiger partial charge in [-0.05, 0) is 48.4 Å². The molecule has 0 bridgehead atoms. The lowest BCUT2D eigenvalue weighted by Crippen LogP contribution is -2.24. The molecule has 0 aromatic heterocycles. The lowest BCUT2D eigenvalue weighted by atomic mass is 10.1. The topological polar surface area (TPSA) is 67.4 Å². The summed E-state index contributed by atoms with van der Waals surface area (Å²) in [6.07, 6.45) is 0.952. The number of nitrogens with one attached hydrogen (secondary N) is 2. The van der Waals surface area contributed by atoms with Crippen LogP contribution in [0.25, 0.3) is 0 Å². The third-order valence-electron chi connectivity index (χ3n) is 4.69. The molecular formula is C25H25ClN2O3S. The van der Waals surface area contributed by atoms with Gasteiger partial charge in [-0.25, -0.2) is 0 Å². The number of benzene rings is 3. The summed E-state index contributed by atoms with van der Waals surface area (Å²) in [5.74, 6) is 0.356. The molecule has 0 heterocycles. The molecule has 3 aromatic rings. The quantitative estimate of drug-likeness (QED) is 0.376. The number of halogens is 1. The number of hydrogen-bond acceptors (Lipinski definition) is 4. The second kappa shape index (κ2) is 11.6. The van der Waals surface area contributed by atoms with E-state index in [1.54, 1.807) is 25.3 Å². The molecule has 0 saturated heterocycles. The largest absolute Gasteiger partial charge is 0.495 e. The fraction of sp³-hybridized carbons (Fsp3) is 0.200. The van der Waals surface area contributed by atoms with E-state index in [1.807, 2.05) is 61.5 Å². The van der Waals surface area contributed by atoms with Crippen molar-refractivity contribution in [3.63, 3.8) is 0 Å². The maximum Gasteiger partial charge on any atom is 0.237 e. The lowest BCUT2D eigenvalue weighted by molar-refractivity contribution is -0.116. The van der Waals surface area contributed by atoms with Crippen LogP contribution in [0.15, 0.2) is 77.7 Å². The minimum atomic E-state index is -0.300. The SMILES string of the molecule is CCC(Sc1cccc(NC(=O)Cc2ccccc2)c1)C(=O)Nc1ccc(OC)c(Cl)c1. The highest BCUT2D eigenvalue weighted by molar-refractivity contribution is 8.00. The van der Waals surface area contributed by atoms with Crippen LogP contribution < -0.4 is 15.4 Å². The van der Waals surface area contributed by atoms with Crippen molar-refractivity contribution in [3.8, 4) is 5.75 Å². The Bertz CT molecular complexity index is 1080. The van der Waals surface area contributed by atoms with Crippen LogP contribution in [0, 0.1) is 0 Å². The lowest BCUT2D eigenvalue weighted by Gasteiger charge is -2.16. The van der Waals surface area contributed by atoms with Gasteiger partial charge in [-0.1, -0.05) is 54.9 Å². The molecule has 0 radical (unpaired) electrons. The van der Waals surface area contributed by atoms with E-state index in [-0.39, 0.29) is 17.1 Å². The molecule has 0 spiro atoms. The first-order valence-electron chi connectivity index (χ1n) is 10.2. The fourth-order valence-corrected chi connectivity index (χ4v) is 4.36. The first kappa shape index (κ1) is 23.7. The number of ether oxygens (including phenoxy) is 1. The van der Waals surface area contributed by atoms with E-state index in [9.17, 15) is 9.59 Å². The highest BCUT2D eigenvalue weighted by atomic mass is 35.5. The monoisotopic (exact) mass is 468 g/mol. The Morgan fingerprint density at radius 3 is 2.41 bits per heavy atom. The summed E-state index contributed by atoms with van der Waals surface area (Å²) in [6, 6.07) is 22.2. The summed E-state index contributed by atoms with van der Waals surface area (Å²) in [7, 11) is 1.54. The molecule has 0 saturated carbocycles. The van der Waals surface area contributed by atoms with Crippen molar-refractivity contribution in [3.05, 3.63) is 83.4 Å². The number of anilines is 2. The van der Waals surface area contributed by atoms with Gasteiger partial charge in [0.2, 0.25) is 11.8 Å². The Morgan fingerprint density at radius 1 is 0.969 bits per heavy atom. The zero-order valence-corrected chi connectivity index (χ0v) is 19.5. The molecule has 0 aliphatic carbocycles. The van der Waals surface area contributed by atoms with Crippen molar-refractivity contribution < 1.29 is 14.3 Å². The van der Waals surface area contributed by atoms with Crippen LogP contribution in [0.2, 0.25) is 5.02 Å². The molecule has 2 amide bonds.